The lowest BCUT2D eigenvalue weighted by Crippen LogP contribution is -2.12. The molecule has 1 unspecified atom stereocenters. The van der Waals surface area contributed by atoms with E-state index in [2.05, 4.69) is 20.1 Å². The van der Waals surface area contributed by atoms with Gasteiger partial charge >= 0.3 is 5.97 Å². The Labute approximate surface area is 213 Å². The van der Waals surface area contributed by atoms with Crippen LogP contribution in [-0.4, -0.2) is 42.9 Å². The van der Waals surface area contributed by atoms with Crippen molar-refractivity contribution < 1.29 is 14.6 Å². The number of aryl methyl sites for hydroxylation is 1. The van der Waals surface area contributed by atoms with Gasteiger partial charge in [0.05, 0.1) is 24.2 Å². The Morgan fingerprint density at radius 3 is 2.56 bits per heavy atom. The van der Waals surface area contributed by atoms with E-state index in [9.17, 15) is 9.90 Å². The number of hydrogen-bond donors (Lipinski definition) is 2. The molecular weight excluding hydrogens is 503 g/mol. The Morgan fingerprint density at radius 2 is 1.91 bits per heavy atom. The van der Waals surface area contributed by atoms with E-state index in [0.717, 1.165) is 11.1 Å². The highest BCUT2D eigenvalue weighted by Gasteiger charge is 2.25. The van der Waals surface area contributed by atoms with E-state index in [0.29, 0.717) is 44.4 Å². The quantitative estimate of drug-likeness (QED) is 0.376. The molecule has 3 heterocycles. The molecule has 0 radical (unpaired) electrons. The van der Waals surface area contributed by atoms with Crippen molar-refractivity contribution in [2.24, 2.45) is 0 Å². The highest BCUT2D eigenvalue weighted by Crippen LogP contribution is 2.43. The number of aromatic carboxylic acids is 1. The molecule has 34 heavy (non-hydrogen) atoms. The molecule has 3 N–H and O–H groups in total. The lowest BCUT2D eigenvalue weighted by molar-refractivity contribution is 0.0690. The number of hydrogen-bond acceptors (Lipinski definition) is 7. The van der Waals surface area contributed by atoms with Gasteiger partial charge in [-0.15, -0.1) is 24.8 Å². The van der Waals surface area contributed by atoms with E-state index in [4.69, 9.17) is 22.1 Å². The number of nitrogens with zero attached hydrogens (tertiary/aromatic N) is 5. The van der Waals surface area contributed by atoms with Crippen molar-refractivity contribution in [1.29, 1.82) is 0 Å². The smallest absolute Gasteiger partial charge is 0.354 e. The Balaban J connectivity index is 0.00000204. The van der Waals surface area contributed by atoms with Crippen molar-refractivity contribution in [2.75, 3.05) is 12.8 Å². The molecule has 0 aliphatic carbocycles. The molecule has 0 aliphatic heterocycles. The maximum Gasteiger partial charge on any atom is 0.354 e. The lowest BCUT2D eigenvalue weighted by Gasteiger charge is -2.22. The molecule has 180 valence electrons. The molecule has 0 bridgehead atoms. The summed E-state index contributed by atoms with van der Waals surface area (Å²) in [5.41, 5.74) is 10.1. The predicted octanol–water partition coefficient (Wildman–Crippen LogP) is 4.90. The molecule has 9 nitrogen and oxygen atoms in total. The van der Waals surface area contributed by atoms with Crippen molar-refractivity contribution in [3.8, 4) is 16.9 Å². The second-order valence-corrected chi connectivity index (χ2v) is 7.79. The number of aromatic nitrogens is 5. The molecule has 0 saturated heterocycles. The van der Waals surface area contributed by atoms with Gasteiger partial charge in [-0.05, 0) is 50.1 Å². The summed E-state index contributed by atoms with van der Waals surface area (Å²) >= 11 is 6.62. The summed E-state index contributed by atoms with van der Waals surface area (Å²) in [6, 6.07) is 4.73. The third-order valence-corrected chi connectivity index (χ3v) is 5.88. The molecule has 0 spiro atoms. The first-order chi connectivity index (χ1) is 15.2. The summed E-state index contributed by atoms with van der Waals surface area (Å²) in [5, 5.41) is 15.2. The zero-order valence-electron chi connectivity index (χ0n) is 18.7. The third-order valence-electron chi connectivity index (χ3n) is 5.49. The van der Waals surface area contributed by atoms with Gasteiger partial charge in [-0.1, -0.05) is 11.6 Å². The first-order valence-corrected chi connectivity index (χ1v) is 10.1. The van der Waals surface area contributed by atoms with E-state index >= 15 is 0 Å². The van der Waals surface area contributed by atoms with Crippen molar-refractivity contribution in [2.45, 2.75) is 26.8 Å². The van der Waals surface area contributed by atoms with Crippen LogP contribution in [0.15, 0.2) is 30.7 Å². The molecule has 4 rings (SSSR count). The summed E-state index contributed by atoms with van der Waals surface area (Å²) in [6.07, 6.45) is 2.85. The van der Waals surface area contributed by atoms with Crippen LogP contribution in [0.4, 0.5) is 5.82 Å². The van der Waals surface area contributed by atoms with Crippen molar-refractivity contribution >= 4 is 59.2 Å². The first kappa shape index (κ1) is 27.1. The molecule has 0 fully saturated rings. The van der Waals surface area contributed by atoms with Crippen LogP contribution in [0.1, 0.15) is 40.3 Å². The minimum Gasteiger partial charge on any atom is -0.496 e. The highest BCUT2D eigenvalue weighted by molar-refractivity contribution is 6.32. The molecule has 0 saturated carbocycles. The minimum atomic E-state index is -1.12. The molecule has 12 heteroatoms. The van der Waals surface area contributed by atoms with Crippen LogP contribution < -0.4 is 10.5 Å². The molecule has 1 atom stereocenters. The fraction of sp³-hybridized carbons (Fsp3) is 0.227. The number of ether oxygens (including phenoxy) is 1. The van der Waals surface area contributed by atoms with Crippen LogP contribution >= 0.6 is 36.4 Å². The number of carboxylic acids is 1. The molecule has 0 aliphatic rings. The second kappa shape index (κ2) is 10.4. The molecule has 1 aromatic carbocycles. The fourth-order valence-electron chi connectivity index (χ4n) is 3.90. The molecular formula is C22H23Cl3N6O3. The summed E-state index contributed by atoms with van der Waals surface area (Å²) in [5.74, 6) is -0.196. The number of pyridine rings is 1. The number of rotatable bonds is 5. The van der Waals surface area contributed by atoms with Crippen molar-refractivity contribution in [3.05, 3.63) is 58.3 Å². The number of anilines is 1. The van der Waals surface area contributed by atoms with Gasteiger partial charge in [-0.2, -0.15) is 5.10 Å². The van der Waals surface area contributed by atoms with Gasteiger partial charge in [-0.3, -0.25) is 0 Å². The van der Waals surface area contributed by atoms with Gasteiger partial charge in [0.25, 0.3) is 0 Å². The van der Waals surface area contributed by atoms with Crippen LogP contribution in [0, 0.1) is 13.8 Å². The van der Waals surface area contributed by atoms with Crippen molar-refractivity contribution in [1.82, 2.24) is 24.7 Å². The maximum atomic E-state index is 11.5. The SMILES string of the molecule is COc1c(C(C)n2nc(C)c3c(N)ncnc32)cc(Cl)c(C)c1-c1ccnc(C(=O)O)c1.Cl.Cl. The van der Waals surface area contributed by atoms with Crippen LogP contribution in [0.3, 0.4) is 0 Å². The lowest BCUT2D eigenvalue weighted by atomic mass is 9.94. The average molecular weight is 526 g/mol. The summed E-state index contributed by atoms with van der Waals surface area (Å²) in [6.45, 7) is 5.66. The minimum absolute atomic E-state index is 0. The zero-order valence-corrected chi connectivity index (χ0v) is 21.1. The van der Waals surface area contributed by atoms with Crippen LogP contribution in [-0.2, 0) is 0 Å². The van der Waals surface area contributed by atoms with E-state index in [-0.39, 0.29) is 36.5 Å². The standard InChI is InChI=1S/C22H21ClN6O3.2ClH/c1-10-15(23)8-14(12(3)29-21-18(11(2)28-29)20(24)26-9-27-21)19(32-4)17(10)13-5-6-25-16(7-13)22(30)31;;/h5-9,12H,1-4H3,(H,30,31)(H2,24,26,27);2*1H. The van der Waals surface area contributed by atoms with Gasteiger partial charge < -0.3 is 15.6 Å². The first-order valence-electron chi connectivity index (χ1n) is 9.76. The Bertz CT molecular complexity index is 1380. The van der Waals surface area contributed by atoms with Gasteiger partial charge in [-0.25, -0.2) is 24.4 Å². The number of carboxylic acid groups (broad SMARTS) is 1. The summed E-state index contributed by atoms with van der Waals surface area (Å²) in [4.78, 5) is 23.8. The Kier molecular flexibility index (Phi) is 8.31. The van der Waals surface area contributed by atoms with E-state index in [1.807, 2.05) is 26.8 Å². The largest absolute Gasteiger partial charge is 0.496 e. The van der Waals surface area contributed by atoms with E-state index in [1.165, 1.54) is 18.6 Å². The summed E-state index contributed by atoms with van der Waals surface area (Å²) < 4.78 is 7.58. The van der Waals surface area contributed by atoms with Crippen LogP contribution in [0.5, 0.6) is 5.75 Å². The average Bonchev–Trinajstić information content (AvgIpc) is 3.12. The van der Waals surface area contributed by atoms with E-state index < -0.39 is 5.97 Å². The Morgan fingerprint density at radius 1 is 1.21 bits per heavy atom. The van der Waals surface area contributed by atoms with Crippen molar-refractivity contribution in [3.63, 3.8) is 0 Å². The number of halogens is 3. The van der Waals surface area contributed by atoms with Gasteiger partial charge in [0, 0.05) is 22.3 Å². The topological polar surface area (TPSA) is 129 Å². The normalized spacial score (nSPS) is 11.4. The number of nitrogen functional groups attached to an aromatic ring is 1. The number of methoxy groups -OCH3 is 1. The van der Waals surface area contributed by atoms with Crippen LogP contribution in [0.25, 0.3) is 22.2 Å². The predicted molar refractivity (Wildman–Crippen MR) is 136 cm³/mol. The fourth-order valence-corrected chi connectivity index (χ4v) is 4.11. The summed E-state index contributed by atoms with van der Waals surface area (Å²) in [7, 11) is 1.56. The van der Waals surface area contributed by atoms with Gasteiger partial charge in [0.2, 0.25) is 0 Å². The monoisotopic (exact) mass is 524 g/mol. The van der Waals surface area contributed by atoms with Gasteiger partial charge in [0.1, 0.15) is 23.6 Å². The van der Waals surface area contributed by atoms with Gasteiger partial charge in [0.15, 0.2) is 5.65 Å². The number of benzene rings is 1. The molecule has 3 aromatic heterocycles. The highest BCUT2D eigenvalue weighted by atomic mass is 35.5. The Hall–Kier alpha value is -3.14. The second-order valence-electron chi connectivity index (χ2n) is 7.38. The number of carbonyl (C=O) groups is 1. The molecule has 0 amide bonds. The number of nitrogens with two attached hydrogens (primary N) is 1. The van der Waals surface area contributed by atoms with Crippen LogP contribution in [0.2, 0.25) is 5.02 Å². The maximum absolute atomic E-state index is 11.5. The van der Waals surface area contributed by atoms with E-state index in [1.54, 1.807) is 17.9 Å². The molecule has 4 aromatic rings. The number of fused-ring (bicyclic) bond motifs is 1. The third kappa shape index (κ3) is 4.46. The zero-order chi connectivity index (χ0) is 23.2.